The molecule has 0 unspecified atom stereocenters. The summed E-state index contributed by atoms with van der Waals surface area (Å²) >= 11 is 0. The SMILES string of the molecule is CCn1cc(C(=O)O)c(=O)c2cc(F)c(N3CCN(C(=O)OCc4ccc(NC(=O)[C@H](CCCNC(N)=O)n5cc([C@@H](CC(=O)OCc6ccccc6)C6CC6)nn5)cc4)CC3)cc21. The Labute approximate surface area is 367 Å². The Kier molecular flexibility index (Phi) is 14.2. The number of carbonyl (C=O) groups is 5. The summed E-state index contributed by atoms with van der Waals surface area (Å²) in [6.07, 6.45) is 5.13. The van der Waals surface area contributed by atoms with E-state index in [4.69, 9.17) is 15.2 Å². The number of anilines is 2. The lowest BCUT2D eigenvalue weighted by Gasteiger charge is -2.35. The Bertz CT molecular complexity index is 2550. The number of fused-ring (bicyclic) bond motifs is 1. The van der Waals surface area contributed by atoms with Crippen molar-refractivity contribution in [2.45, 2.75) is 70.7 Å². The van der Waals surface area contributed by atoms with Crippen molar-refractivity contribution < 1.29 is 42.9 Å². The molecule has 3 heterocycles. The summed E-state index contributed by atoms with van der Waals surface area (Å²) in [5.41, 5.74) is 7.33. The number of piperazine rings is 1. The second-order valence-corrected chi connectivity index (χ2v) is 15.9. The fraction of sp³-hybridized carbons (Fsp3) is 0.378. The van der Waals surface area contributed by atoms with Crippen molar-refractivity contribution in [3.8, 4) is 0 Å². The van der Waals surface area contributed by atoms with Crippen molar-refractivity contribution in [3.63, 3.8) is 0 Å². The molecule has 1 aliphatic heterocycles. The molecule has 7 rings (SSSR count). The van der Waals surface area contributed by atoms with Gasteiger partial charge in [-0.3, -0.25) is 14.4 Å². The smallest absolute Gasteiger partial charge is 0.410 e. The van der Waals surface area contributed by atoms with Crippen LogP contribution in [0.1, 0.15) is 78.2 Å². The summed E-state index contributed by atoms with van der Waals surface area (Å²) in [4.78, 5) is 78.7. The Morgan fingerprint density at radius 3 is 2.31 bits per heavy atom. The fourth-order valence-corrected chi connectivity index (χ4v) is 7.82. The number of aryl methyl sites for hydroxylation is 1. The number of aromatic nitrogens is 4. The number of esters is 1. The number of carbonyl (C=O) groups excluding carboxylic acids is 4. The van der Waals surface area contributed by atoms with E-state index in [0.717, 1.165) is 24.5 Å². The minimum Gasteiger partial charge on any atom is -0.477 e. The van der Waals surface area contributed by atoms with Crippen LogP contribution in [0.4, 0.5) is 25.4 Å². The van der Waals surface area contributed by atoms with Crippen LogP contribution in [0.25, 0.3) is 10.9 Å². The number of aromatic carboxylic acids is 1. The largest absolute Gasteiger partial charge is 0.477 e. The summed E-state index contributed by atoms with van der Waals surface area (Å²) in [7, 11) is 0. The predicted octanol–water partition coefficient (Wildman–Crippen LogP) is 5.16. The summed E-state index contributed by atoms with van der Waals surface area (Å²) in [5.74, 6) is -2.74. The van der Waals surface area contributed by atoms with Crippen LogP contribution in [0.2, 0.25) is 0 Å². The van der Waals surface area contributed by atoms with Crippen LogP contribution in [0.15, 0.2) is 83.9 Å². The average Bonchev–Trinajstić information content (AvgIpc) is 4.03. The monoisotopic (exact) mass is 879 g/mol. The van der Waals surface area contributed by atoms with Crippen molar-refractivity contribution in [1.29, 1.82) is 0 Å². The van der Waals surface area contributed by atoms with Gasteiger partial charge in [-0.2, -0.15) is 0 Å². The van der Waals surface area contributed by atoms with Crippen LogP contribution < -0.4 is 26.7 Å². The number of rotatable bonds is 18. The van der Waals surface area contributed by atoms with Crippen molar-refractivity contribution in [1.82, 2.24) is 29.8 Å². The highest BCUT2D eigenvalue weighted by molar-refractivity contribution is 5.94. The Hall–Kier alpha value is -7.31. The Balaban J connectivity index is 0.929. The second kappa shape index (κ2) is 20.3. The zero-order chi connectivity index (χ0) is 45.3. The van der Waals surface area contributed by atoms with E-state index in [1.54, 1.807) is 46.9 Å². The van der Waals surface area contributed by atoms with Gasteiger partial charge in [0.15, 0.2) is 0 Å². The highest BCUT2D eigenvalue weighted by Crippen LogP contribution is 2.44. The van der Waals surface area contributed by atoms with Gasteiger partial charge >= 0.3 is 24.1 Å². The Morgan fingerprint density at radius 1 is 0.938 bits per heavy atom. The topological polar surface area (TPSA) is 233 Å². The number of hydrogen-bond donors (Lipinski definition) is 4. The third kappa shape index (κ3) is 11.0. The lowest BCUT2D eigenvalue weighted by atomic mass is 9.96. The van der Waals surface area contributed by atoms with Gasteiger partial charge in [0.2, 0.25) is 11.3 Å². The van der Waals surface area contributed by atoms with Crippen LogP contribution in [0, 0.1) is 11.7 Å². The molecule has 18 nitrogen and oxygen atoms in total. The molecule has 5 aromatic rings. The Morgan fingerprint density at radius 2 is 1.64 bits per heavy atom. The third-order valence-corrected chi connectivity index (χ3v) is 11.5. The molecular weight excluding hydrogens is 830 g/mol. The van der Waals surface area contributed by atoms with Crippen LogP contribution in [-0.4, -0.2) is 92.3 Å². The van der Waals surface area contributed by atoms with Crippen molar-refractivity contribution in [2.75, 3.05) is 42.9 Å². The average molecular weight is 880 g/mol. The molecule has 4 amide bonds. The van der Waals surface area contributed by atoms with Gasteiger partial charge in [-0.1, -0.05) is 47.7 Å². The molecular formula is C45H50FN9O9. The van der Waals surface area contributed by atoms with Crippen molar-refractivity contribution in [2.24, 2.45) is 11.7 Å². The third-order valence-electron chi connectivity index (χ3n) is 11.5. The lowest BCUT2D eigenvalue weighted by Crippen LogP contribution is -2.49. The summed E-state index contributed by atoms with van der Waals surface area (Å²) in [5, 5.41) is 23.6. The maximum absolute atomic E-state index is 15.4. The number of benzene rings is 3. The van der Waals surface area contributed by atoms with Crippen molar-refractivity contribution >= 4 is 52.2 Å². The number of halogens is 1. The molecule has 0 bridgehead atoms. The minimum atomic E-state index is -1.38. The molecule has 19 heteroatoms. The molecule has 0 radical (unpaired) electrons. The van der Waals surface area contributed by atoms with Crippen molar-refractivity contribution in [3.05, 3.63) is 118 Å². The molecule has 1 saturated carbocycles. The maximum Gasteiger partial charge on any atom is 0.410 e. The first-order chi connectivity index (χ1) is 30.9. The van der Waals surface area contributed by atoms with Gasteiger partial charge in [0, 0.05) is 68.7 Å². The van der Waals surface area contributed by atoms with Gasteiger partial charge in [-0.05, 0) is 73.9 Å². The molecule has 2 atom stereocenters. The molecule has 0 spiro atoms. The molecule has 1 aliphatic carbocycles. The summed E-state index contributed by atoms with van der Waals surface area (Å²) in [6.45, 7) is 3.60. The fourth-order valence-electron chi connectivity index (χ4n) is 7.82. The molecule has 336 valence electrons. The van der Waals surface area contributed by atoms with E-state index in [0.29, 0.717) is 48.5 Å². The maximum atomic E-state index is 15.4. The standard InChI is InChI=1S/C45H50FN9O9/c1-2-52-24-34(43(59)60)41(57)33-21-35(46)39(23-38(33)52)53-17-19-54(20-18-53)45(62)64-27-29-10-14-31(15-11-29)49-42(58)37(9-6-16-48-44(47)61)55-25-36(50-51-55)32(30-12-13-30)22-40(56)63-26-28-7-4-3-5-8-28/h3-5,7-8,10-11,14-15,21,23-25,30,32,37H,2,6,9,12-13,16-20,22,26-27H2,1H3,(H,49,58)(H,59,60)(H3,47,48,61)/t32-,37-/m0/s1. The number of ether oxygens (including phenoxy) is 2. The van der Waals surface area contributed by atoms with Gasteiger partial charge in [0.1, 0.15) is 30.6 Å². The number of amides is 4. The molecule has 64 heavy (non-hydrogen) atoms. The van der Waals surface area contributed by atoms with Gasteiger partial charge in [-0.25, -0.2) is 23.5 Å². The number of primary amides is 1. The number of carboxylic acids is 1. The van der Waals surface area contributed by atoms with Gasteiger partial charge in [0.25, 0.3) is 0 Å². The lowest BCUT2D eigenvalue weighted by molar-refractivity contribution is -0.145. The zero-order valence-electron chi connectivity index (χ0n) is 35.3. The number of nitrogens with one attached hydrogen (secondary N) is 2. The van der Waals surface area contributed by atoms with Crippen LogP contribution in [0.5, 0.6) is 0 Å². The molecule has 2 aromatic heterocycles. The van der Waals surface area contributed by atoms with E-state index < -0.39 is 40.9 Å². The zero-order valence-corrected chi connectivity index (χ0v) is 35.3. The second-order valence-electron chi connectivity index (χ2n) is 15.9. The molecule has 1 saturated heterocycles. The number of hydrogen-bond acceptors (Lipinski definition) is 11. The van der Waals surface area contributed by atoms with Gasteiger partial charge in [0.05, 0.1) is 23.3 Å². The van der Waals surface area contributed by atoms with E-state index in [1.807, 2.05) is 30.3 Å². The molecule has 2 aliphatic rings. The van der Waals surface area contributed by atoms with Gasteiger partial charge in [-0.15, -0.1) is 5.10 Å². The van der Waals surface area contributed by atoms with Crippen LogP contribution in [0.3, 0.4) is 0 Å². The summed E-state index contributed by atoms with van der Waals surface area (Å²) in [6, 6.07) is 17.3. The van der Waals surface area contributed by atoms with E-state index in [1.165, 1.54) is 21.8 Å². The first-order valence-electron chi connectivity index (χ1n) is 21.2. The number of nitrogens with two attached hydrogens (primary N) is 1. The van der Waals surface area contributed by atoms with E-state index >= 15 is 4.39 Å². The van der Waals surface area contributed by atoms with Crippen LogP contribution in [-0.2, 0) is 38.8 Å². The number of nitrogens with zero attached hydrogens (tertiary/aromatic N) is 6. The minimum absolute atomic E-state index is 0.0213. The number of urea groups is 1. The molecule has 2 fully saturated rings. The van der Waals surface area contributed by atoms with Crippen LogP contribution >= 0.6 is 0 Å². The first kappa shape index (κ1) is 44.7. The van der Waals surface area contributed by atoms with E-state index in [2.05, 4.69) is 20.9 Å². The number of pyridine rings is 1. The number of carboxylic acid groups (broad SMARTS) is 1. The van der Waals surface area contributed by atoms with E-state index in [-0.39, 0.29) is 80.5 Å². The normalized spacial score (nSPS) is 14.7. The predicted molar refractivity (Wildman–Crippen MR) is 232 cm³/mol. The molecule has 5 N–H and O–H groups in total. The first-order valence-corrected chi connectivity index (χ1v) is 21.2. The van der Waals surface area contributed by atoms with E-state index in [9.17, 15) is 33.9 Å². The summed E-state index contributed by atoms with van der Waals surface area (Å²) < 4.78 is 29.6. The molecule has 3 aromatic carbocycles. The highest BCUT2D eigenvalue weighted by Gasteiger charge is 2.37. The highest BCUT2D eigenvalue weighted by atomic mass is 19.1. The van der Waals surface area contributed by atoms with Gasteiger partial charge < -0.3 is 45.3 Å². The quantitative estimate of drug-likeness (QED) is 0.0660.